The summed E-state index contributed by atoms with van der Waals surface area (Å²) in [6.45, 7) is 0.700. The van der Waals surface area contributed by atoms with Gasteiger partial charge in [-0.2, -0.15) is 4.98 Å². The molecule has 0 saturated heterocycles. The fraction of sp³-hybridized carbons (Fsp3) is 0.304. The summed E-state index contributed by atoms with van der Waals surface area (Å²) < 4.78 is 50.4. The minimum atomic E-state index is -4.73. The molecule has 0 unspecified atom stereocenters. The molecule has 4 aromatic rings. The molecule has 13 heteroatoms. The van der Waals surface area contributed by atoms with Crippen LogP contribution in [0.5, 0.6) is 11.5 Å². The van der Waals surface area contributed by atoms with Crippen molar-refractivity contribution in [3.63, 3.8) is 0 Å². The number of aryl methyl sites for hydroxylation is 1. The Morgan fingerprint density at radius 1 is 1.08 bits per heavy atom. The first-order valence-corrected chi connectivity index (χ1v) is 11.5. The van der Waals surface area contributed by atoms with Crippen LogP contribution in [-0.4, -0.2) is 43.0 Å². The molecule has 2 aromatic carbocycles. The van der Waals surface area contributed by atoms with E-state index in [4.69, 9.17) is 21.3 Å². The number of methoxy groups -OCH3 is 1. The van der Waals surface area contributed by atoms with Gasteiger partial charge < -0.3 is 14.8 Å². The molecule has 188 valence electrons. The molecular weight excluding hydrogens is 499 g/mol. The SMILES string of the molecule is COc1cc(Nc2nc3n(n2)CCCC[C@H]3c2ccc(OC(F)(F)F)cc2)ccc1-n1cnc(Cl)n1. The molecule has 1 aliphatic rings. The Hall–Kier alpha value is -3.80. The Labute approximate surface area is 208 Å². The average Bonchev–Trinajstić information content (AvgIpc) is 3.39. The summed E-state index contributed by atoms with van der Waals surface area (Å²) in [4.78, 5) is 8.65. The van der Waals surface area contributed by atoms with Crippen LogP contribution < -0.4 is 14.8 Å². The minimum Gasteiger partial charge on any atom is -0.494 e. The van der Waals surface area contributed by atoms with Crippen molar-refractivity contribution in [2.45, 2.75) is 38.1 Å². The van der Waals surface area contributed by atoms with Crippen LogP contribution in [0, 0.1) is 0 Å². The maximum atomic E-state index is 12.5. The van der Waals surface area contributed by atoms with E-state index in [0.717, 1.165) is 30.7 Å². The van der Waals surface area contributed by atoms with Crippen molar-refractivity contribution in [1.82, 2.24) is 29.5 Å². The van der Waals surface area contributed by atoms with E-state index < -0.39 is 6.36 Å². The summed E-state index contributed by atoms with van der Waals surface area (Å²) in [5.41, 5.74) is 2.21. The van der Waals surface area contributed by atoms with Gasteiger partial charge in [0.05, 0.1) is 7.11 Å². The first-order valence-electron chi connectivity index (χ1n) is 11.1. The molecule has 0 bridgehead atoms. The highest BCUT2D eigenvalue weighted by molar-refractivity contribution is 6.28. The maximum absolute atomic E-state index is 12.5. The monoisotopic (exact) mass is 519 g/mol. The number of benzene rings is 2. The van der Waals surface area contributed by atoms with Crippen LogP contribution in [-0.2, 0) is 6.54 Å². The Balaban J connectivity index is 1.39. The number of hydrogen-bond donors (Lipinski definition) is 1. The van der Waals surface area contributed by atoms with Gasteiger partial charge in [-0.15, -0.1) is 23.4 Å². The lowest BCUT2D eigenvalue weighted by Gasteiger charge is -2.15. The van der Waals surface area contributed by atoms with Gasteiger partial charge in [-0.1, -0.05) is 18.6 Å². The number of fused-ring (bicyclic) bond motifs is 1. The van der Waals surface area contributed by atoms with Crippen molar-refractivity contribution in [3.05, 3.63) is 65.5 Å². The number of nitrogens with zero attached hydrogens (tertiary/aromatic N) is 6. The smallest absolute Gasteiger partial charge is 0.494 e. The molecule has 0 saturated carbocycles. The first-order chi connectivity index (χ1) is 17.3. The molecular formula is C23H21ClF3N7O2. The van der Waals surface area contributed by atoms with Gasteiger partial charge in [-0.25, -0.2) is 14.3 Å². The highest BCUT2D eigenvalue weighted by atomic mass is 35.5. The second kappa shape index (κ2) is 9.69. The molecule has 0 fully saturated rings. The van der Waals surface area contributed by atoms with E-state index in [2.05, 4.69) is 25.2 Å². The number of halogens is 4. The van der Waals surface area contributed by atoms with Crippen LogP contribution in [0.4, 0.5) is 24.8 Å². The third kappa shape index (κ3) is 5.23. The zero-order chi connectivity index (χ0) is 25.3. The van der Waals surface area contributed by atoms with Crippen LogP contribution in [0.25, 0.3) is 5.69 Å². The Morgan fingerprint density at radius 2 is 1.89 bits per heavy atom. The third-order valence-corrected chi connectivity index (χ3v) is 5.96. The van der Waals surface area contributed by atoms with Crippen LogP contribution in [0.3, 0.4) is 0 Å². The minimum absolute atomic E-state index is 0.107. The Kier molecular flexibility index (Phi) is 6.44. The predicted molar refractivity (Wildman–Crippen MR) is 125 cm³/mol. The molecule has 1 aliphatic heterocycles. The van der Waals surface area contributed by atoms with Crippen molar-refractivity contribution < 1.29 is 22.6 Å². The van der Waals surface area contributed by atoms with Crippen molar-refractivity contribution in [1.29, 1.82) is 0 Å². The molecule has 2 aromatic heterocycles. The molecule has 0 spiro atoms. The van der Waals surface area contributed by atoms with E-state index in [-0.39, 0.29) is 17.0 Å². The molecule has 1 atom stereocenters. The first kappa shape index (κ1) is 23.9. The van der Waals surface area contributed by atoms with Gasteiger partial charge in [0, 0.05) is 24.2 Å². The van der Waals surface area contributed by atoms with E-state index in [1.807, 2.05) is 10.7 Å². The molecule has 0 aliphatic carbocycles. The molecule has 3 heterocycles. The number of anilines is 2. The van der Waals surface area contributed by atoms with Gasteiger partial charge in [0.15, 0.2) is 0 Å². The van der Waals surface area contributed by atoms with Gasteiger partial charge in [-0.05, 0) is 54.3 Å². The van der Waals surface area contributed by atoms with Crippen LogP contribution in [0.15, 0.2) is 48.8 Å². The highest BCUT2D eigenvalue weighted by Crippen LogP contribution is 2.34. The molecule has 0 amide bonds. The van der Waals surface area contributed by atoms with Crippen molar-refractivity contribution in [3.8, 4) is 17.2 Å². The fourth-order valence-corrected chi connectivity index (χ4v) is 4.34. The average molecular weight is 520 g/mol. The Morgan fingerprint density at radius 3 is 2.58 bits per heavy atom. The lowest BCUT2D eigenvalue weighted by Crippen LogP contribution is -2.17. The van der Waals surface area contributed by atoms with E-state index in [1.54, 1.807) is 31.4 Å². The van der Waals surface area contributed by atoms with Crippen LogP contribution in [0.1, 0.15) is 36.6 Å². The summed E-state index contributed by atoms with van der Waals surface area (Å²) in [6.07, 6.45) is -0.563. The quantitative estimate of drug-likeness (QED) is 0.360. The number of nitrogens with one attached hydrogen (secondary N) is 1. The standard InChI is InChI=1S/C23H21ClF3N7O2/c1-35-19-12-15(7-10-18(19)34-13-28-21(24)31-34)29-22-30-20-17(4-2-3-11-33(20)32-22)14-5-8-16(9-6-14)36-23(25,26)27/h5-10,12-13,17H,2-4,11H2,1H3,(H,29,32)/t17-/m0/s1. The normalized spacial score (nSPS) is 15.8. The lowest BCUT2D eigenvalue weighted by molar-refractivity contribution is -0.274. The van der Waals surface area contributed by atoms with Crippen LogP contribution in [0.2, 0.25) is 5.28 Å². The van der Waals surface area contributed by atoms with E-state index in [1.165, 1.54) is 23.1 Å². The van der Waals surface area contributed by atoms with E-state index in [9.17, 15) is 13.2 Å². The van der Waals surface area contributed by atoms with Crippen molar-refractivity contribution >= 4 is 23.2 Å². The Bertz CT molecular complexity index is 1350. The number of rotatable bonds is 6. The topological polar surface area (TPSA) is 91.9 Å². The van der Waals surface area contributed by atoms with Gasteiger partial charge >= 0.3 is 6.36 Å². The molecule has 9 nitrogen and oxygen atoms in total. The van der Waals surface area contributed by atoms with Crippen molar-refractivity contribution in [2.24, 2.45) is 0 Å². The molecule has 5 rings (SSSR count). The zero-order valence-electron chi connectivity index (χ0n) is 19.0. The second-order valence-electron chi connectivity index (χ2n) is 8.15. The van der Waals surface area contributed by atoms with E-state index >= 15 is 0 Å². The number of ether oxygens (including phenoxy) is 2. The highest BCUT2D eigenvalue weighted by Gasteiger charge is 2.31. The summed E-state index contributed by atoms with van der Waals surface area (Å²) >= 11 is 5.83. The van der Waals surface area contributed by atoms with Gasteiger partial charge in [0.2, 0.25) is 11.2 Å². The summed E-state index contributed by atoms with van der Waals surface area (Å²) in [5, 5.41) is 12.1. The molecule has 1 N–H and O–H groups in total. The fourth-order valence-electron chi connectivity index (χ4n) is 4.22. The number of alkyl halides is 3. The number of aromatic nitrogens is 6. The predicted octanol–water partition coefficient (Wildman–Crippen LogP) is 5.48. The zero-order valence-corrected chi connectivity index (χ0v) is 19.8. The van der Waals surface area contributed by atoms with Gasteiger partial charge in [-0.3, -0.25) is 0 Å². The number of hydrogen-bond acceptors (Lipinski definition) is 7. The van der Waals surface area contributed by atoms with Gasteiger partial charge in [0.1, 0.15) is 29.3 Å². The maximum Gasteiger partial charge on any atom is 0.573 e. The second-order valence-corrected chi connectivity index (χ2v) is 8.49. The summed E-state index contributed by atoms with van der Waals surface area (Å²) in [7, 11) is 1.55. The third-order valence-electron chi connectivity index (χ3n) is 5.79. The summed E-state index contributed by atoms with van der Waals surface area (Å²) in [6, 6.07) is 11.4. The molecule has 0 radical (unpaired) electrons. The lowest BCUT2D eigenvalue weighted by atomic mass is 9.93. The van der Waals surface area contributed by atoms with Crippen molar-refractivity contribution in [2.75, 3.05) is 12.4 Å². The van der Waals surface area contributed by atoms with Crippen LogP contribution >= 0.6 is 11.6 Å². The molecule has 36 heavy (non-hydrogen) atoms. The summed E-state index contributed by atoms with van der Waals surface area (Å²) in [5.74, 6) is 1.34. The largest absolute Gasteiger partial charge is 0.573 e. The van der Waals surface area contributed by atoms with Gasteiger partial charge in [0.25, 0.3) is 0 Å². The van der Waals surface area contributed by atoms with E-state index in [0.29, 0.717) is 29.6 Å².